The molecule has 1 heterocycles. The first-order chi connectivity index (χ1) is 13.9. The molecule has 2 aliphatic carbocycles. The van der Waals surface area contributed by atoms with E-state index < -0.39 is 11.0 Å². The van der Waals surface area contributed by atoms with Crippen molar-refractivity contribution in [1.29, 1.82) is 0 Å². The molecule has 1 saturated heterocycles. The number of carbonyl (C=O) groups excluding carboxylic acids is 2. The van der Waals surface area contributed by atoms with Crippen LogP contribution in [0, 0.1) is 22.0 Å². The number of nitro groups is 1. The smallest absolute Gasteiger partial charge is 0.417 e. The molecule has 0 bridgehead atoms. The van der Waals surface area contributed by atoms with Crippen molar-refractivity contribution in [2.75, 3.05) is 6.61 Å². The fourth-order valence-electron chi connectivity index (χ4n) is 4.30. The van der Waals surface area contributed by atoms with Gasteiger partial charge >= 0.3 is 6.09 Å². The molecule has 2 unspecified atom stereocenters. The first-order valence-electron chi connectivity index (χ1n) is 10.0. The van der Waals surface area contributed by atoms with Gasteiger partial charge in [-0.15, -0.1) is 0 Å². The third-order valence-corrected chi connectivity index (χ3v) is 5.97. The number of nitro benzene ring substituents is 1. The lowest BCUT2D eigenvalue weighted by atomic mass is 9.88. The Hall–Kier alpha value is -2.96. The zero-order valence-corrected chi connectivity index (χ0v) is 16.3. The average Bonchev–Trinajstić information content (AvgIpc) is 3.47. The number of hydrogen-bond donors (Lipinski definition) is 0. The Morgan fingerprint density at radius 3 is 2.86 bits per heavy atom. The summed E-state index contributed by atoms with van der Waals surface area (Å²) in [6.45, 7) is 2.28. The average molecular weight is 396 g/mol. The lowest BCUT2D eigenvalue weighted by molar-refractivity contribution is -0.384. The SMILES string of the molecule is CC1C=CC=C([C@H]2COC(=O)N2C(=O)CC(c2cccc([N+](=O)[O-])c2)C2CC2)C1. The van der Waals surface area contributed by atoms with Crippen molar-refractivity contribution in [2.45, 2.75) is 44.6 Å². The maximum atomic E-state index is 13.2. The lowest BCUT2D eigenvalue weighted by Crippen LogP contribution is -2.41. The van der Waals surface area contributed by atoms with E-state index >= 15 is 0 Å². The lowest BCUT2D eigenvalue weighted by Gasteiger charge is -2.26. The van der Waals surface area contributed by atoms with Crippen molar-refractivity contribution in [1.82, 2.24) is 4.90 Å². The van der Waals surface area contributed by atoms with Gasteiger partial charge in [0.05, 0.1) is 11.0 Å². The molecule has 2 fully saturated rings. The zero-order chi connectivity index (χ0) is 20.5. The van der Waals surface area contributed by atoms with Gasteiger partial charge in [0.1, 0.15) is 6.61 Å². The van der Waals surface area contributed by atoms with E-state index in [-0.39, 0.29) is 36.6 Å². The van der Waals surface area contributed by atoms with Crippen LogP contribution in [0.3, 0.4) is 0 Å². The molecule has 1 aromatic carbocycles. The zero-order valence-electron chi connectivity index (χ0n) is 16.3. The minimum Gasteiger partial charge on any atom is -0.447 e. The first-order valence-corrected chi connectivity index (χ1v) is 10.0. The molecular weight excluding hydrogens is 372 g/mol. The summed E-state index contributed by atoms with van der Waals surface area (Å²) in [6, 6.07) is 6.12. The van der Waals surface area contributed by atoms with E-state index in [2.05, 4.69) is 13.0 Å². The van der Waals surface area contributed by atoms with Gasteiger partial charge in [0.15, 0.2) is 0 Å². The number of rotatable bonds is 6. The first kappa shape index (κ1) is 19.4. The van der Waals surface area contributed by atoms with Gasteiger partial charge < -0.3 is 4.74 Å². The molecule has 152 valence electrons. The Morgan fingerprint density at radius 2 is 2.17 bits per heavy atom. The fourth-order valence-corrected chi connectivity index (χ4v) is 4.30. The number of hydrogen-bond acceptors (Lipinski definition) is 5. The molecule has 0 N–H and O–H groups in total. The van der Waals surface area contributed by atoms with Crippen molar-refractivity contribution >= 4 is 17.7 Å². The number of carbonyl (C=O) groups is 2. The van der Waals surface area contributed by atoms with Gasteiger partial charge in [0.2, 0.25) is 5.91 Å². The van der Waals surface area contributed by atoms with E-state index in [1.807, 2.05) is 18.2 Å². The number of allylic oxidation sites excluding steroid dienone is 3. The molecule has 29 heavy (non-hydrogen) atoms. The standard InChI is InChI=1S/C22H24N2O5/c1-14-4-2-6-17(10-14)20-13-29-22(26)23(20)21(25)12-19(15-8-9-15)16-5-3-7-18(11-16)24(27)28/h2-7,11,14-15,19-20H,8-10,12-13H2,1H3/t14?,19?,20-/m1/s1. The van der Waals surface area contributed by atoms with Gasteiger partial charge in [0.25, 0.3) is 5.69 Å². The Morgan fingerprint density at radius 1 is 1.38 bits per heavy atom. The highest BCUT2D eigenvalue weighted by Crippen LogP contribution is 2.45. The minimum absolute atomic E-state index is 0.0205. The summed E-state index contributed by atoms with van der Waals surface area (Å²) in [5.41, 5.74) is 1.83. The van der Waals surface area contributed by atoms with Crippen LogP contribution in [0.25, 0.3) is 0 Å². The van der Waals surface area contributed by atoms with E-state index in [1.165, 1.54) is 11.0 Å². The summed E-state index contributed by atoms with van der Waals surface area (Å²) < 4.78 is 5.21. The fraction of sp³-hybridized carbons (Fsp3) is 0.455. The topological polar surface area (TPSA) is 89.8 Å². The van der Waals surface area contributed by atoms with Gasteiger partial charge in [-0.1, -0.05) is 37.3 Å². The Labute approximate surface area is 169 Å². The number of ether oxygens (including phenoxy) is 1. The van der Waals surface area contributed by atoms with Crippen LogP contribution < -0.4 is 0 Å². The summed E-state index contributed by atoms with van der Waals surface area (Å²) in [4.78, 5) is 37.5. The van der Waals surface area contributed by atoms with E-state index in [0.29, 0.717) is 11.8 Å². The third-order valence-electron chi connectivity index (χ3n) is 5.97. The van der Waals surface area contributed by atoms with Crippen LogP contribution >= 0.6 is 0 Å². The molecule has 1 aliphatic heterocycles. The predicted octanol–water partition coefficient (Wildman–Crippen LogP) is 4.35. The second-order valence-electron chi connectivity index (χ2n) is 8.16. The monoisotopic (exact) mass is 396 g/mol. The molecule has 1 saturated carbocycles. The van der Waals surface area contributed by atoms with Gasteiger partial charge in [0, 0.05) is 18.6 Å². The molecule has 3 aliphatic rings. The number of cyclic esters (lactones) is 1. The van der Waals surface area contributed by atoms with Crippen molar-refractivity contribution < 1.29 is 19.2 Å². The predicted molar refractivity (Wildman–Crippen MR) is 106 cm³/mol. The molecule has 0 aromatic heterocycles. The normalized spacial score (nSPS) is 24.8. The van der Waals surface area contributed by atoms with Crippen LogP contribution in [0.1, 0.15) is 44.1 Å². The van der Waals surface area contributed by atoms with Crippen LogP contribution in [0.15, 0.2) is 48.1 Å². The van der Waals surface area contributed by atoms with E-state index in [1.54, 1.807) is 12.1 Å². The van der Waals surface area contributed by atoms with Crippen LogP contribution in [-0.2, 0) is 9.53 Å². The van der Waals surface area contributed by atoms with Crippen LogP contribution in [-0.4, -0.2) is 34.5 Å². The molecule has 1 aromatic rings. The Kier molecular flexibility index (Phi) is 5.22. The number of benzene rings is 1. The largest absolute Gasteiger partial charge is 0.447 e. The number of amides is 2. The number of imide groups is 1. The molecule has 0 spiro atoms. The van der Waals surface area contributed by atoms with Crippen molar-refractivity contribution in [3.63, 3.8) is 0 Å². The Bertz CT molecular complexity index is 902. The summed E-state index contributed by atoms with van der Waals surface area (Å²) in [5.74, 6) is 0.265. The van der Waals surface area contributed by atoms with Crippen LogP contribution in [0.4, 0.5) is 10.5 Å². The maximum Gasteiger partial charge on any atom is 0.417 e. The highest BCUT2D eigenvalue weighted by molar-refractivity contribution is 5.94. The quantitative estimate of drug-likeness (QED) is 0.527. The van der Waals surface area contributed by atoms with Gasteiger partial charge in [-0.25, -0.2) is 9.69 Å². The van der Waals surface area contributed by atoms with Crippen LogP contribution in [0.5, 0.6) is 0 Å². The van der Waals surface area contributed by atoms with E-state index in [9.17, 15) is 19.7 Å². The Balaban J connectivity index is 1.55. The van der Waals surface area contributed by atoms with Crippen molar-refractivity contribution in [3.05, 3.63) is 63.7 Å². The molecule has 7 heteroatoms. The van der Waals surface area contributed by atoms with E-state index in [0.717, 1.165) is 30.4 Å². The summed E-state index contributed by atoms with van der Waals surface area (Å²) >= 11 is 0. The van der Waals surface area contributed by atoms with Crippen molar-refractivity contribution in [3.8, 4) is 0 Å². The number of nitrogens with zero attached hydrogens (tertiary/aromatic N) is 2. The van der Waals surface area contributed by atoms with Crippen LogP contribution in [0.2, 0.25) is 0 Å². The summed E-state index contributed by atoms with van der Waals surface area (Å²) in [6.07, 6.45) is 8.34. The summed E-state index contributed by atoms with van der Waals surface area (Å²) in [7, 11) is 0. The second kappa shape index (κ2) is 7.81. The van der Waals surface area contributed by atoms with E-state index in [4.69, 9.17) is 4.74 Å². The van der Waals surface area contributed by atoms with Gasteiger partial charge in [-0.05, 0) is 48.2 Å². The molecule has 3 atom stereocenters. The third kappa shape index (κ3) is 4.09. The minimum atomic E-state index is -0.600. The molecule has 4 rings (SSSR count). The maximum absolute atomic E-state index is 13.2. The second-order valence-corrected chi connectivity index (χ2v) is 8.16. The highest BCUT2D eigenvalue weighted by Gasteiger charge is 2.43. The van der Waals surface area contributed by atoms with Gasteiger partial charge in [-0.3, -0.25) is 14.9 Å². The highest BCUT2D eigenvalue weighted by atomic mass is 16.6. The van der Waals surface area contributed by atoms with Crippen molar-refractivity contribution in [2.24, 2.45) is 11.8 Å². The van der Waals surface area contributed by atoms with Gasteiger partial charge in [-0.2, -0.15) is 0 Å². The summed E-state index contributed by atoms with van der Waals surface area (Å²) in [5, 5.41) is 11.1. The molecule has 7 nitrogen and oxygen atoms in total. The molecule has 2 amide bonds. The molecule has 0 radical (unpaired) electrons. The molecular formula is C22H24N2O5. The number of non-ortho nitro benzene ring substituents is 1.